The van der Waals surface area contributed by atoms with Crippen molar-refractivity contribution in [3.8, 4) is 0 Å². The van der Waals surface area contributed by atoms with Crippen LogP contribution in [0.3, 0.4) is 0 Å². The van der Waals surface area contributed by atoms with Gasteiger partial charge in [-0.2, -0.15) is 0 Å². The van der Waals surface area contributed by atoms with Crippen LogP contribution in [0.15, 0.2) is 23.1 Å². The number of halogens is 2. The Hall–Kier alpha value is -1.10. The standard InChI is InChI=1S/C8H6F2O2S/c9-5-1-6(10)3-7(2-5)13-4-8(11)12/h1-3H,4H2,(H,11,12). The van der Waals surface area contributed by atoms with E-state index in [4.69, 9.17) is 5.11 Å². The van der Waals surface area contributed by atoms with Gasteiger partial charge in [0, 0.05) is 11.0 Å². The van der Waals surface area contributed by atoms with Gasteiger partial charge in [0.05, 0.1) is 5.75 Å². The average molecular weight is 204 g/mol. The van der Waals surface area contributed by atoms with Gasteiger partial charge < -0.3 is 5.11 Å². The highest BCUT2D eigenvalue weighted by molar-refractivity contribution is 8.00. The Kier molecular flexibility index (Phi) is 3.25. The van der Waals surface area contributed by atoms with Crippen molar-refractivity contribution >= 4 is 17.7 Å². The van der Waals surface area contributed by atoms with Gasteiger partial charge in [0.15, 0.2) is 0 Å². The minimum Gasteiger partial charge on any atom is -0.481 e. The summed E-state index contributed by atoms with van der Waals surface area (Å²) >= 11 is 0.877. The van der Waals surface area contributed by atoms with Crippen LogP contribution in [0.25, 0.3) is 0 Å². The van der Waals surface area contributed by atoms with E-state index in [1.54, 1.807) is 0 Å². The summed E-state index contributed by atoms with van der Waals surface area (Å²) in [7, 11) is 0. The molecule has 0 heterocycles. The van der Waals surface area contributed by atoms with Crippen LogP contribution in [-0.4, -0.2) is 16.8 Å². The lowest BCUT2D eigenvalue weighted by molar-refractivity contribution is -0.133. The van der Waals surface area contributed by atoms with E-state index in [9.17, 15) is 13.6 Å². The van der Waals surface area contributed by atoms with E-state index in [0.29, 0.717) is 0 Å². The van der Waals surface area contributed by atoms with Gasteiger partial charge in [0.25, 0.3) is 0 Å². The molecule has 1 aromatic carbocycles. The predicted octanol–water partition coefficient (Wildman–Crippen LogP) is 2.14. The van der Waals surface area contributed by atoms with Crippen LogP contribution in [0.1, 0.15) is 0 Å². The van der Waals surface area contributed by atoms with Crippen LogP contribution >= 0.6 is 11.8 Å². The van der Waals surface area contributed by atoms with E-state index in [0.717, 1.165) is 30.0 Å². The molecule has 0 atom stereocenters. The lowest BCUT2D eigenvalue weighted by Gasteiger charge is -1.98. The minimum atomic E-state index is -1.02. The molecule has 1 N–H and O–H groups in total. The zero-order chi connectivity index (χ0) is 9.84. The van der Waals surface area contributed by atoms with Crippen LogP contribution in [0.2, 0.25) is 0 Å². The topological polar surface area (TPSA) is 37.3 Å². The first-order valence-corrected chi connectivity index (χ1v) is 4.37. The third-order valence-electron chi connectivity index (χ3n) is 1.20. The van der Waals surface area contributed by atoms with Gasteiger partial charge >= 0.3 is 5.97 Å². The molecule has 0 fully saturated rings. The first kappa shape index (κ1) is 9.98. The van der Waals surface area contributed by atoms with Gasteiger partial charge in [-0.25, -0.2) is 8.78 Å². The van der Waals surface area contributed by atoms with E-state index in [1.807, 2.05) is 0 Å². The van der Waals surface area contributed by atoms with Gasteiger partial charge in [-0.3, -0.25) is 4.79 Å². The van der Waals surface area contributed by atoms with E-state index in [1.165, 1.54) is 0 Å². The van der Waals surface area contributed by atoms with Crippen molar-refractivity contribution in [1.82, 2.24) is 0 Å². The third kappa shape index (κ3) is 3.42. The maximum absolute atomic E-state index is 12.6. The van der Waals surface area contributed by atoms with Crippen LogP contribution in [0.4, 0.5) is 8.78 Å². The summed E-state index contributed by atoms with van der Waals surface area (Å²) in [5.41, 5.74) is 0. The number of hydrogen-bond acceptors (Lipinski definition) is 2. The van der Waals surface area contributed by atoms with Crippen molar-refractivity contribution in [2.45, 2.75) is 4.90 Å². The molecule has 13 heavy (non-hydrogen) atoms. The fourth-order valence-electron chi connectivity index (χ4n) is 0.757. The van der Waals surface area contributed by atoms with Gasteiger partial charge in [0.2, 0.25) is 0 Å². The number of rotatable bonds is 3. The number of thioether (sulfide) groups is 1. The molecule has 0 bridgehead atoms. The number of hydrogen-bond donors (Lipinski definition) is 1. The molecule has 0 aliphatic carbocycles. The number of benzene rings is 1. The lowest BCUT2D eigenvalue weighted by atomic mass is 10.3. The van der Waals surface area contributed by atoms with Crippen LogP contribution in [-0.2, 0) is 4.79 Å². The molecule has 0 spiro atoms. The summed E-state index contributed by atoms with van der Waals surface area (Å²) < 4.78 is 25.1. The largest absolute Gasteiger partial charge is 0.481 e. The Balaban J connectivity index is 2.71. The highest BCUT2D eigenvalue weighted by atomic mass is 32.2. The molecule has 5 heteroatoms. The second-order valence-corrected chi connectivity index (χ2v) is 3.34. The molecule has 1 aromatic rings. The highest BCUT2D eigenvalue weighted by Crippen LogP contribution is 2.19. The SMILES string of the molecule is O=C(O)CSc1cc(F)cc(F)c1. The van der Waals surface area contributed by atoms with Crippen molar-refractivity contribution in [2.75, 3.05) is 5.75 Å². The quantitative estimate of drug-likeness (QED) is 0.766. The maximum atomic E-state index is 12.6. The molecule has 0 aromatic heterocycles. The maximum Gasteiger partial charge on any atom is 0.313 e. The Morgan fingerprint density at radius 2 is 1.85 bits per heavy atom. The minimum absolute atomic E-state index is 0.205. The summed E-state index contributed by atoms with van der Waals surface area (Å²) in [6.45, 7) is 0. The second kappa shape index (κ2) is 4.23. The first-order chi connectivity index (χ1) is 6.08. The zero-order valence-electron chi connectivity index (χ0n) is 6.46. The monoisotopic (exact) mass is 204 g/mol. The molecule has 2 nitrogen and oxygen atoms in total. The van der Waals surface area contributed by atoms with Crippen molar-refractivity contribution in [3.63, 3.8) is 0 Å². The summed E-state index contributed by atoms with van der Waals surface area (Å²) in [5, 5.41) is 8.31. The molecule has 0 unspecified atom stereocenters. The molecular weight excluding hydrogens is 198 g/mol. The molecule has 70 valence electrons. The van der Waals surface area contributed by atoms with E-state index in [-0.39, 0.29) is 10.6 Å². The molecular formula is C8H6F2O2S. The Morgan fingerprint density at radius 1 is 1.31 bits per heavy atom. The first-order valence-electron chi connectivity index (χ1n) is 3.38. The van der Waals surface area contributed by atoms with Crippen LogP contribution in [0, 0.1) is 11.6 Å². The zero-order valence-corrected chi connectivity index (χ0v) is 7.28. The molecule has 0 radical (unpaired) electrons. The Morgan fingerprint density at radius 3 is 2.31 bits per heavy atom. The number of carboxylic acids is 1. The highest BCUT2D eigenvalue weighted by Gasteiger charge is 2.03. The molecule has 0 saturated heterocycles. The van der Waals surface area contributed by atoms with Gasteiger partial charge in [-0.15, -0.1) is 11.8 Å². The average Bonchev–Trinajstić information content (AvgIpc) is 1.99. The van der Waals surface area contributed by atoms with Gasteiger partial charge in [-0.05, 0) is 12.1 Å². The summed E-state index contributed by atoms with van der Waals surface area (Å²) in [5.74, 6) is -2.63. The van der Waals surface area contributed by atoms with Crippen LogP contribution in [0.5, 0.6) is 0 Å². The molecule has 0 aliphatic heterocycles. The molecule has 0 amide bonds. The molecule has 0 saturated carbocycles. The van der Waals surface area contributed by atoms with Crippen molar-refractivity contribution < 1.29 is 18.7 Å². The lowest BCUT2D eigenvalue weighted by Crippen LogP contribution is -1.97. The van der Waals surface area contributed by atoms with Crippen molar-refractivity contribution in [2.24, 2.45) is 0 Å². The van der Waals surface area contributed by atoms with E-state index >= 15 is 0 Å². The van der Waals surface area contributed by atoms with Gasteiger partial charge in [0.1, 0.15) is 11.6 Å². The van der Waals surface area contributed by atoms with E-state index < -0.39 is 17.6 Å². The van der Waals surface area contributed by atoms with E-state index in [2.05, 4.69) is 0 Å². The fraction of sp³-hybridized carbons (Fsp3) is 0.125. The number of carboxylic acid groups (broad SMARTS) is 1. The Labute approximate surface area is 77.6 Å². The number of aliphatic carboxylic acids is 1. The summed E-state index contributed by atoms with van der Waals surface area (Å²) in [6.07, 6.45) is 0. The van der Waals surface area contributed by atoms with Gasteiger partial charge in [-0.1, -0.05) is 0 Å². The fourth-order valence-corrected chi connectivity index (χ4v) is 1.44. The second-order valence-electron chi connectivity index (χ2n) is 2.29. The number of carbonyl (C=O) groups is 1. The smallest absolute Gasteiger partial charge is 0.313 e. The summed E-state index contributed by atoms with van der Waals surface area (Å²) in [6, 6.07) is 2.93. The summed E-state index contributed by atoms with van der Waals surface area (Å²) in [4.78, 5) is 10.4. The van der Waals surface area contributed by atoms with Crippen LogP contribution < -0.4 is 0 Å². The third-order valence-corrected chi connectivity index (χ3v) is 2.16. The van der Waals surface area contributed by atoms with Crippen molar-refractivity contribution in [1.29, 1.82) is 0 Å². The predicted molar refractivity (Wildman–Crippen MR) is 44.7 cm³/mol. The normalized spacial score (nSPS) is 10.0. The molecule has 0 aliphatic rings. The Bertz CT molecular complexity index is 308. The van der Waals surface area contributed by atoms with Crippen molar-refractivity contribution in [3.05, 3.63) is 29.8 Å². The molecule has 1 rings (SSSR count).